The Bertz CT molecular complexity index is 1910. The van der Waals surface area contributed by atoms with Crippen LogP contribution in [0.2, 0.25) is 15.1 Å². The highest BCUT2D eigenvalue weighted by Gasteiger charge is 2.32. The Labute approximate surface area is 273 Å². The number of hydrogen-bond donors (Lipinski definition) is 1. The van der Waals surface area contributed by atoms with E-state index in [-0.39, 0.29) is 27.9 Å². The molecule has 4 aromatic carbocycles. The maximum Gasteiger partial charge on any atom is 0.264 e. The smallest absolute Gasteiger partial charge is 0.264 e. The Balaban J connectivity index is 1.40. The van der Waals surface area contributed by atoms with E-state index >= 15 is 0 Å². The number of rotatable bonds is 9. The fraction of sp³-hybridized carbons (Fsp3) is 0.138. The molecule has 1 heterocycles. The average Bonchev–Trinajstić information content (AvgIpc) is 3.39. The first-order valence-electron chi connectivity index (χ1n) is 12.8. The fourth-order valence-electron chi connectivity index (χ4n) is 4.59. The van der Waals surface area contributed by atoms with Crippen molar-refractivity contribution in [2.24, 2.45) is 0 Å². The number of carbonyl (C=O) groups excluding carboxylic acids is 1. The summed E-state index contributed by atoms with van der Waals surface area (Å²) in [5.74, 6) is -0.620. The van der Waals surface area contributed by atoms with Crippen LogP contribution in [0.15, 0.2) is 99.2 Å². The van der Waals surface area contributed by atoms with Gasteiger partial charge in [-0.2, -0.15) is 4.31 Å². The number of nitrogens with zero attached hydrogens (tertiary/aromatic N) is 2. The molecule has 1 N–H and O–H groups in total. The number of hydrogen-bond acceptors (Lipinski definition) is 5. The Kier molecular flexibility index (Phi) is 9.43. The molecule has 0 fully saturated rings. The minimum Gasteiger partial charge on any atom is -0.325 e. The van der Waals surface area contributed by atoms with E-state index in [0.717, 1.165) is 9.87 Å². The first kappa shape index (κ1) is 31.8. The van der Waals surface area contributed by atoms with E-state index in [1.807, 2.05) is 0 Å². The van der Waals surface area contributed by atoms with Crippen LogP contribution in [0.4, 0.5) is 11.4 Å². The third-order valence-corrected chi connectivity index (χ3v) is 11.9. The molecule has 224 valence electrons. The summed E-state index contributed by atoms with van der Waals surface area (Å²) in [6.45, 7) is -0.441. The quantitative estimate of drug-likeness (QED) is 0.199. The van der Waals surface area contributed by atoms with Crippen LogP contribution in [0.1, 0.15) is 11.1 Å². The second-order valence-electron chi connectivity index (χ2n) is 9.65. The van der Waals surface area contributed by atoms with Gasteiger partial charge in [0, 0.05) is 28.3 Å². The van der Waals surface area contributed by atoms with Crippen molar-refractivity contribution >= 4 is 88.1 Å². The molecule has 0 aliphatic carbocycles. The fourth-order valence-corrected chi connectivity index (χ4v) is 8.19. The molecule has 1 amide bonds. The van der Waals surface area contributed by atoms with Crippen LogP contribution in [-0.4, -0.2) is 40.1 Å². The van der Waals surface area contributed by atoms with Gasteiger partial charge in [0.05, 0.1) is 32.1 Å². The lowest BCUT2D eigenvalue weighted by Crippen LogP contribution is -2.37. The van der Waals surface area contributed by atoms with Crippen molar-refractivity contribution in [1.29, 1.82) is 0 Å². The standard InChI is InChI=1S/C29H23BrCl3N3O5S2/c30-21-3-8-24(9-4-21)42(38,39)35(17-19-1-12-26(32)27(33)15-19)18-29(37)34-23-7-2-20-13-14-36(28(20)16-23)43(40,41)25-10-5-22(31)6-11-25/h1-12,15-16H,13-14,17-18H2,(H,34,37). The molecule has 1 aliphatic heterocycles. The van der Waals surface area contributed by atoms with Gasteiger partial charge in [0.25, 0.3) is 10.0 Å². The Morgan fingerprint density at radius 2 is 1.51 bits per heavy atom. The maximum absolute atomic E-state index is 13.6. The van der Waals surface area contributed by atoms with Gasteiger partial charge in [0.15, 0.2) is 0 Å². The minimum absolute atomic E-state index is 0.00383. The average molecular weight is 744 g/mol. The molecular formula is C29H23BrCl3N3O5S2. The van der Waals surface area contributed by atoms with Crippen molar-refractivity contribution in [2.75, 3.05) is 22.7 Å². The number of nitrogens with one attached hydrogen (secondary N) is 1. The zero-order valence-electron chi connectivity index (χ0n) is 22.2. The van der Waals surface area contributed by atoms with Gasteiger partial charge in [0.2, 0.25) is 15.9 Å². The molecule has 8 nitrogen and oxygen atoms in total. The van der Waals surface area contributed by atoms with Crippen molar-refractivity contribution in [2.45, 2.75) is 22.8 Å². The molecule has 1 aliphatic rings. The lowest BCUT2D eigenvalue weighted by atomic mass is 10.1. The van der Waals surface area contributed by atoms with Crippen LogP contribution in [0, 0.1) is 0 Å². The summed E-state index contributed by atoms with van der Waals surface area (Å²) in [6.07, 6.45) is 0.499. The molecule has 0 saturated carbocycles. The van der Waals surface area contributed by atoms with E-state index in [1.165, 1.54) is 40.7 Å². The lowest BCUT2D eigenvalue weighted by Gasteiger charge is -2.23. The van der Waals surface area contributed by atoms with Crippen LogP contribution in [-0.2, 0) is 37.8 Å². The van der Waals surface area contributed by atoms with Gasteiger partial charge >= 0.3 is 0 Å². The van der Waals surface area contributed by atoms with E-state index in [1.54, 1.807) is 48.5 Å². The third-order valence-electron chi connectivity index (χ3n) is 6.74. The highest BCUT2D eigenvalue weighted by molar-refractivity contribution is 9.10. The van der Waals surface area contributed by atoms with Crippen LogP contribution >= 0.6 is 50.7 Å². The number of anilines is 2. The highest BCUT2D eigenvalue weighted by atomic mass is 79.9. The largest absolute Gasteiger partial charge is 0.325 e. The molecule has 0 atom stereocenters. The topological polar surface area (TPSA) is 104 Å². The van der Waals surface area contributed by atoms with Gasteiger partial charge in [-0.1, -0.05) is 62.9 Å². The molecule has 14 heteroatoms. The van der Waals surface area contributed by atoms with Crippen LogP contribution in [0.5, 0.6) is 0 Å². The predicted molar refractivity (Wildman–Crippen MR) is 173 cm³/mol. The molecule has 0 aromatic heterocycles. The summed E-state index contributed by atoms with van der Waals surface area (Å²) in [4.78, 5) is 13.4. The van der Waals surface area contributed by atoms with E-state index in [4.69, 9.17) is 34.8 Å². The first-order chi connectivity index (χ1) is 20.3. The van der Waals surface area contributed by atoms with Crippen molar-refractivity contribution in [1.82, 2.24) is 4.31 Å². The molecule has 43 heavy (non-hydrogen) atoms. The number of amides is 1. The Hall–Kier alpha value is -2.64. The van der Waals surface area contributed by atoms with Crippen molar-refractivity contribution < 1.29 is 21.6 Å². The molecule has 4 aromatic rings. The number of benzene rings is 4. The second kappa shape index (κ2) is 12.8. The molecular weight excluding hydrogens is 721 g/mol. The summed E-state index contributed by atoms with van der Waals surface area (Å²) >= 11 is 21.4. The molecule has 0 saturated heterocycles. The maximum atomic E-state index is 13.6. The van der Waals surface area contributed by atoms with E-state index < -0.39 is 32.5 Å². The van der Waals surface area contributed by atoms with Crippen molar-refractivity contribution in [3.05, 3.63) is 116 Å². The minimum atomic E-state index is -4.12. The summed E-state index contributed by atoms with van der Waals surface area (Å²) in [5.41, 5.74) is 2.08. The van der Waals surface area contributed by atoms with Crippen molar-refractivity contribution in [3.63, 3.8) is 0 Å². The zero-order chi connectivity index (χ0) is 30.9. The van der Waals surface area contributed by atoms with E-state index in [9.17, 15) is 21.6 Å². The second-order valence-corrected chi connectivity index (χ2v) is 15.6. The van der Waals surface area contributed by atoms with Crippen LogP contribution in [0.3, 0.4) is 0 Å². The van der Waals surface area contributed by atoms with Crippen LogP contribution < -0.4 is 9.62 Å². The number of fused-ring (bicyclic) bond motifs is 1. The highest BCUT2D eigenvalue weighted by Crippen LogP contribution is 2.35. The molecule has 0 unspecified atom stereocenters. The Morgan fingerprint density at radius 3 is 2.19 bits per heavy atom. The molecule has 0 radical (unpaired) electrons. The lowest BCUT2D eigenvalue weighted by molar-refractivity contribution is -0.116. The van der Waals surface area contributed by atoms with Crippen molar-refractivity contribution in [3.8, 4) is 0 Å². The normalized spacial score (nSPS) is 13.3. The van der Waals surface area contributed by atoms with Gasteiger partial charge in [-0.3, -0.25) is 9.10 Å². The molecule has 5 rings (SSSR count). The monoisotopic (exact) mass is 741 g/mol. The van der Waals surface area contributed by atoms with Gasteiger partial charge in [-0.05, 0) is 90.3 Å². The SMILES string of the molecule is O=C(CN(Cc1ccc(Cl)c(Cl)c1)S(=O)(=O)c1ccc(Br)cc1)Nc1ccc2c(c1)N(S(=O)(=O)c1ccc(Cl)cc1)CC2. The number of halogens is 4. The summed E-state index contributed by atoms with van der Waals surface area (Å²) in [7, 11) is -8.00. The number of carbonyl (C=O) groups is 1. The summed E-state index contributed by atoms with van der Waals surface area (Å²) in [5, 5.41) is 3.70. The zero-order valence-corrected chi connectivity index (χ0v) is 27.7. The Morgan fingerprint density at radius 1 is 0.837 bits per heavy atom. The molecule has 0 bridgehead atoms. The van der Waals surface area contributed by atoms with Gasteiger partial charge in [-0.15, -0.1) is 0 Å². The van der Waals surface area contributed by atoms with Gasteiger partial charge in [-0.25, -0.2) is 16.8 Å². The number of sulfonamides is 2. The first-order valence-corrected chi connectivity index (χ1v) is 17.6. The summed E-state index contributed by atoms with van der Waals surface area (Å²) < 4.78 is 57.1. The predicted octanol–water partition coefficient (Wildman–Crippen LogP) is 6.99. The third kappa shape index (κ3) is 7.04. The van der Waals surface area contributed by atoms with E-state index in [2.05, 4.69) is 21.2 Å². The molecule has 0 spiro atoms. The van der Waals surface area contributed by atoms with Gasteiger partial charge in [0.1, 0.15) is 0 Å². The van der Waals surface area contributed by atoms with E-state index in [0.29, 0.717) is 37.9 Å². The van der Waals surface area contributed by atoms with Gasteiger partial charge < -0.3 is 5.32 Å². The summed E-state index contributed by atoms with van der Waals surface area (Å²) in [6, 6.07) is 21.7. The van der Waals surface area contributed by atoms with Crippen LogP contribution in [0.25, 0.3) is 0 Å².